The molecule has 0 saturated heterocycles. The molecule has 3 nitrogen and oxygen atoms in total. The van der Waals surface area contributed by atoms with E-state index in [2.05, 4.69) is 17.4 Å². The van der Waals surface area contributed by atoms with Gasteiger partial charge in [-0.15, -0.1) is 0 Å². The van der Waals surface area contributed by atoms with Crippen molar-refractivity contribution in [2.24, 2.45) is 11.8 Å². The van der Waals surface area contributed by atoms with Crippen molar-refractivity contribution in [2.75, 3.05) is 25.1 Å². The molecule has 1 fully saturated rings. The molecule has 1 aromatic rings. The van der Waals surface area contributed by atoms with E-state index in [1.165, 1.54) is 19.3 Å². The maximum Gasteiger partial charge on any atom is 0.0471 e. The molecule has 1 aliphatic rings. The summed E-state index contributed by atoms with van der Waals surface area (Å²) >= 11 is 0. The molecule has 0 radical (unpaired) electrons. The molecule has 2 rings (SSSR count). The molecule has 3 heteroatoms. The van der Waals surface area contributed by atoms with Gasteiger partial charge >= 0.3 is 0 Å². The second kappa shape index (κ2) is 7.51. The Hall–Kier alpha value is -1.06. The number of aliphatic hydroxyl groups is 2. The second-order valence-corrected chi connectivity index (χ2v) is 5.54. The maximum atomic E-state index is 9.42. The normalized spacial score (nSPS) is 23.3. The van der Waals surface area contributed by atoms with Crippen LogP contribution in [-0.2, 0) is 6.42 Å². The van der Waals surface area contributed by atoms with E-state index in [-0.39, 0.29) is 6.61 Å². The van der Waals surface area contributed by atoms with Gasteiger partial charge in [0.25, 0.3) is 0 Å². The van der Waals surface area contributed by atoms with Gasteiger partial charge in [0, 0.05) is 25.4 Å². The molecule has 0 amide bonds. The summed E-state index contributed by atoms with van der Waals surface area (Å²) in [7, 11) is 0. The van der Waals surface area contributed by atoms with E-state index in [0.29, 0.717) is 24.9 Å². The van der Waals surface area contributed by atoms with Crippen molar-refractivity contribution in [3.8, 4) is 0 Å². The van der Waals surface area contributed by atoms with Gasteiger partial charge in [-0.25, -0.2) is 0 Å². The minimum absolute atomic E-state index is 0.193. The summed E-state index contributed by atoms with van der Waals surface area (Å²) in [5.41, 5.74) is 2.28. The van der Waals surface area contributed by atoms with Crippen molar-refractivity contribution in [3.05, 3.63) is 29.8 Å². The van der Waals surface area contributed by atoms with E-state index in [4.69, 9.17) is 5.11 Å². The van der Waals surface area contributed by atoms with Crippen molar-refractivity contribution < 1.29 is 10.2 Å². The van der Waals surface area contributed by atoms with Crippen molar-refractivity contribution >= 4 is 5.69 Å². The van der Waals surface area contributed by atoms with Crippen molar-refractivity contribution in [1.29, 1.82) is 0 Å². The molecule has 106 valence electrons. The first-order chi connectivity index (χ1) is 9.33. The lowest BCUT2D eigenvalue weighted by Gasteiger charge is -2.30. The van der Waals surface area contributed by atoms with Gasteiger partial charge in [0.1, 0.15) is 0 Å². The number of hydrogen-bond acceptors (Lipinski definition) is 3. The van der Waals surface area contributed by atoms with Crippen molar-refractivity contribution in [2.45, 2.75) is 32.1 Å². The molecule has 1 saturated carbocycles. The summed E-state index contributed by atoms with van der Waals surface area (Å²) in [4.78, 5) is 0. The van der Waals surface area contributed by atoms with Crippen LogP contribution in [0.15, 0.2) is 24.3 Å². The molecule has 2 unspecified atom stereocenters. The monoisotopic (exact) mass is 263 g/mol. The molecule has 0 spiro atoms. The Morgan fingerprint density at radius 2 is 1.89 bits per heavy atom. The number of aliphatic hydroxyl groups excluding tert-OH is 2. The smallest absolute Gasteiger partial charge is 0.0471 e. The number of nitrogens with one attached hydrogen (secondary N) is 1. The lowest BCUT2D eigenvalue weighted by atomic mass is 9.79. The van der Waals surface area contributed by atoms with Crippen LogP contribution in [0.1, 0.15) is 31.2 Å². The predicted molar refractivity (Wildman–Crippen MR) is 78.3 cm³/mol. The zero-order chi connectivity index (χ0) is 13.5. The highest BCUT2D eigenvalue weighted by Crippen LogP contribution is 2.29. The molecule has 0 aromatic heterocycles. The summed E-state index contributed by atoms with van der Waals surface area (Å²) in [6.45, 7) is 1.45. The van der Waals surface area contributed by atoms with Crippen LogP contribution in [0, 0.1) is 11.8 Å². The third-order valence-corrected chi connectivity index (χ3v) is 4.20. The van der Waals surface area contributed by atoms with E-state index in [1.54, 1.807) is 0 Å². The van der Waals surface area contributed by atoms with Crippen LogP contribution in [0.5, 0.6) is 0 Å². The average molecular weight is 263 g/mol. The largest absolute Gasteiger partial charge is 0.396 e. The standard InChI is InChI=1S/C16H25NO2/c18-9-8-13-4-3-7-16(10-13)17-11-14-5-1-2-6-15(14)12-19/h3-4,7,10,14-15,17-19H,1-2,5-6,8-9,11-12H2. The first-order valence-corrected chi connectivity index (χ1v) is 7.38. The Labute approximate surface area is 115 Å². The van der Waals surface area contributed by atoms with Crippen LogP contribution in [0.3, 0.4) is 0 Å². The van der Waals surface area contributed by atoms with Gasteiger partial charge in [-0.3, -0.25) is 0 Å². The number of hydrogen-bond donors (Lipinski definition) is 3. The van der Waals surface area contributed by atoms with E-state index in [1.807, 2.05) is 12.1 Å². The molecular formula is C16H25NO2. The lowest BCUT2D eigenvalue weighted by Crippen LogP contribution is -2.28. The summed E-state index contributed by atoms with van der Waals surface area (Å²) in [5.74, 6) is 1.04. The van der Waals surface area contributed by atoms with E-state index in [9.17, 15) is 5.11 Å². The Balaban J connectivity index is 1.88. The molecule has 2 atom stereocenters. The van der Waals surface area contributed by atoms with Crippen molar-refractivity contribution in [3.63, 3.8) is 0 Å². The minimum Gasteiger partial charge on any atom is -0.396 e. The Morgan fingerprint density at radius 3 is 2.63 bits per heavy atom. The Bertz CT molecular complexity index is 381. The van der Waals surface area contributed by atoms with Crippen LogP contribution in [-0.4, -0.2) is 30.0 Å². The van der Waals surface area contributed by atoms with Crippen LogP contribution in [0.4, 0.5) is 5.69 Å². The zero-order valence-corrected chi connectivity index (χ0v) is 11.5. The van der Waals surface area contributed by atoms with Crippen LogP contribution >= 0.6 is 0 Å². The number of benzene rings is 1. The quantitative estimate of drug-likeness (QED) is 0.739. The zero-order valence-electron chi connectivity index (χ0n) is 11.5. The minimum atomic E-state index is 0.193. The lowest BCUT2D eigenvalue weighted by molar-refractivity contribution is 0.141. The fourth-order valence-electron chi connectivity index (χ4n) is 3.01. The molecule has 0 aliphatic heterocycles. The topological polar surface area (TPSA) is 52.5 Å². The molecule has 0 heterocycles. The van der Waals surface area contributed by atoms with Gasteiger partial charge in [-0.1, -0.05) is 25.0 Å². The number of anilines is 1. The maximum absolute atomic E-state index is 9.42. The predicted octanol–water partition coefficient (Wildman–Crippen LogP) is 2.43. The summed E-state index contributed by atoms with van der Waals surface area (Å²) in [6, 6.07) is 8.24. The number of rotatable bonds is 6. The fourth-order valence-corrected chi connectivity index (χ4v) is 3.01. The highest BCUT2D eigenvalue weighted by molar-refractivity contribution is 5.45. The van der Waals surface area contributed by atoms with E-state index < -0.39 is 0 Å². The van der Waals surface area contributed by atoms with Crippen molar-refractivity contribution in [1.82, 2.24) is 0 Å². The van der Waals surface area contributed by atoms with Crippen LogP contribution in [0.25, 0.3) is 0 Å². The second-order valence-electron chi connectivity index (χ2n) is 5.54. The van der Waals surface area contributed by atoms with Crippen LogP contribution < -0.4 is 5.32 Å². The van der Waals surface area contributed by atoms with Gasteiger partial charge in [-0.2, -0.15) is 0 Å². The summed E-state index contributed by atoms with van der Waals surface area (Å²) in [5, 5.41) is 21.9. The van der Waals surface area contributed by atoms with Crippen LogP contribution in [0.2, 0.25) is 0 Å². The van der Waals surface area contributed by atoms with Gasteiger partial charge in [0.15, 0.2) is 0 Å². The van der Waals surface area contributed by atoms with E-state index in [0.717, 1.165) is 24.2 Å². The third kappa shape index (κ3) is 4.22. The third-order valence-electron chi connectivity index (χ3n) is 4.20. The van der Waals surface area contributed by atoms with Gasteiger partial charge < -0.3 is 15.5 Å². The summed E-state index contributed by atoms with van der Waals surface area (Å²) < 4.78 is 0. The average Bonchev–Trinajstić information content (AvgIpc) is 2.46. The SMILES string of the molecule is OCCc1cccc(NCC2CCCCC2CO)c1. The molecule has 19 heavy (non-hydrogen) atoms. The molecule has 3 N–H and O–H groups in total. The molecule has 1 aromatic carbocycles. The first-order valence-electron chi connectivity index (χ1n) is 7.38. The molecule has 0 bridgehead atoms. The summed E-state index contributed by atoms with van der Waals surface area (Å²) in [6.07, 6.45) is 5.63. The molecular weight excluding hydrogens is 238 g/mol. The van der Waals surface area contributed by atoms with Gasteiger partial charge in [0.05, 0.1) is 0 Å². The van der Waals surface area contributed by atoms with E-state index >= 15 is 0 Å². The highest BCUT2D eigenvalue weighted by Gasteiger charge is 2.23. The Morgan fingerprint density at radius 1 is 1.11 bits per heavy atom. The first kappa shape index (κ1) is 14.4. The highest BCUT2D eigenvalue weighted by atomic mass is 16.3. The molecule has 1 aliphatic carbocycles. The van der Waals surface area contributed by atoms with Gasteiger partial charge in [0.2, 0.25) is 0 Å². The fraction of sp³-hybridized carbons (Fsp3) is 0.625. The Kier molecular flexibility index (Phi) is 5.67. The van der Waals surface area contributed by atoms with Gasteiger partial charge in [-0.05, 0) is 48.8 Å².